The predicted octanol–water partition coefficient (Wildman–Crippen LogP) is 1.15. The maximum atomic E-state index is 10.8. The second-order valence-corrected chi connectivity index (χ2v) is 3.20. The Morgan fingerprint density at radius 3 is 2.36 bits per heavy atom. The lowest BCUT2D eigenvalue weighted by molar-refractivity contribution is 0.100. The topological polar surface area (TPSA) is 69.1 Å². The van der Waals surface area contributed by atoms with E-state index in [4.69, 9.17) is 11.5 Å². The lowest BCUT2D eigenvalue weighted by Crippen LogP contribution is -2.10. The molecular weight excluding hydrogens is 176 g/mol. The van der Waals surface area contributed by atoms with Gasteiger partial charge in [0.05, 0.1) is 0 Å². The number of benzene rings is 1. The van der Waals surface area contributed by atoms with Gasteiger partial charge in [-0.15, -0.1) is 0 Å². The zero-order valence-electron chi connectivity index (χ0n) is 8.10. The molecule has 0 spiro atoms. The third-order valence-corrected chi connectivity index (χ3v) is 1.79. The summed E-state index contributed by atoms with van der Waals surface area (Å²) < 4.78 is 0. The minimum atomic E-state index is -0.410. The summed E-state index contributed by atoms with van der Waals surface area (Å²) in [5.74, 6) is -0.410. The first kappa shape index (κ1) is 10.5. The van der Waals surface area contributed by atoms with E-state index in [2.05, 4.69) is 0 Å². The number of rotatable bonds is 3. The van der Waals surface area contributed by atoms with Crippen molar-refractivity contribution in [1.29, 1.82) is 0 Å². The van der Waals surface area contributed by atoms with E-state index in [1.165, 1.54) is 0 Å². The van der Waals surface area contributed by atoms with E-state index in [9.17, 15) is 4.79 Å². The molecule has 0 radical (unpaired) electrons. The molecule has 0 saturated heterocycles. The van der Waals surface area contributed by atoms with Crippen molar-refractivity contribution in [2.45, 2.75) is 13.0 Å². The average molecular weight is 190 g/mol. The fourth-order valence-corrected chi connectivity index (χ4v) is 1.02. The van der Waals surface area contributed by atoms with Crippen LogP contribution in [0.3, 0.4) is 0 Å². The molecule has 14 heavy (non-hydrogen) atoms. The molecule has 3 heteroatoms. The van der Waals surface area contributed by atoms with Crippen LogP contribution in [0.2, 0.25) is 0 Å². The van der Waals surface area contributed by atoms with E-state index in [1.807, 2.05) is 31.2 Å². The van der Waals surface area contributed by atoms with Gasteiger partial charge in [-0.1, -0.05) is 24.3 Å². The summed E-state index contributed by atoms with van der Waals surface area (Å²) in [6.07, 6.45) is 3.80. The number of nitrogens with two attached hydrogens (primary N) is 2. The summed E-state index contributed by atoms with van der Waals surface area (Å²) in [7, 11) is 0. The summed E-state index contributed by atoms with van der Waals surface area (Å²) in [4.78, 5) is 10.8. The highest BCUT2D eigenvalue weighted by molar-refractivity contribution is 5.92. The average Bonchev–Trinajstić information content (AvgIpc) is 2.15. The smallest absolute Gasteiger partial charge is 0.248 e. The van der Waals surface area contributed by atoms with Crippen LogP contribution in [-0.4, -0.2) is 11.9 Å². The maximum absolute atomic E-state index is 10.8. The van der Waals surface area contributed by atoms with Crippen molar-refractivity contribution in [1.82, 2.24) is 0 Å². The first-order chi connectivity index (χ1) is 6.59. The number of carbonyl (C=O) groups is 1. The van der Waals surface area contributed by atoms with Crippen LogP contribution in [-0.2, 0) is 0 Å². The Bertz CT molecular complexity index is 339. The second-order valence-electron chi connectivity index (χ2n) is 3.20. The third-order valence-electron chi connectivity index (χ3n) is 1.79. The SMILES string of the molecule is CC(N)/C=C/c1ccc(C(N)=O)cc1. The van der Waals surface area contributed by atoms with Gasteiger partial charge in [-0.05, 0) is 24.6 Å². The van der Waals surface area contributed by atoms with E-state index in [-0.39, 0.29) is 6.04 Å². The largest absolute Gasteiger partial charge is 0.366 e. The van der Waals surface area contributed by atoms with E-state index in [1.54, 1.807) is 12.1 Å². The lowest BCUT2D eigenvalue weighted by Gasteiger charge is -1.98. The van der Waals surface area contributed by atoms with E-state index in [0.29, 0.717) is 5.56 Å². The highest BCUT2D eigenvalue weighted by Gasteiger charge is 1.97. The normalized spacial score (nSPS) is 13.0. The van der Waals surface area contributed by atoms with Crippen molar-refractivity contribution in [2.75, 3.05) is 0 Å². The monoisotopic (exact) mass is 190 g/mol. The van der Waals surface area contributed by atoms with Crippen molar-refractivity contribution in [2.24, 2.45) is 11.5 Å². The van der Waals surface area contributed by atoms with Crippen LogP contribution in [0.25, 0.3) is 6.08 Å². The molecule has 0 aliphatic carbocycles. The van der Waals surface area contributed by atoms with Gasteiger partial charge in [-0.2, -0.15) is 0 Å². The van der Waals surface area contributed by atoms with Crippen LogP contribution >= 0.6 is 0 Å². The Kier molecular flexibility index (Phi) is 3.42. The first-order valence-corrected chi connectivity index (χ1v) is 4.43. The molecule has 0 aliphatic heterocycles. The first-order valence-electron chi connectivity index (χ1n) is 4.43. The van der Waals surface area contributed by atoms with Crippen molar-refractivity contribution in [3.63, 3.8) is 0 Å². The summed E-state index contributed by atoms with van der Waals surface area (Å²) in [5.41, 5.74) is 12.2. The number of primary amides is 1. The van der Waals surface area contributed by atoms with Crippen LogP contribution in [0, 0.1) is 0 Å². The summed E-state index contributed by atoms with van der Waals surface area (Å²) in [6.45, 7) is 1.90. The van der Waals surface area contributed by atoms with Crippen molar-refractivity contribution in [3.8, 4) is 0 Å². The second kappa shape index (κ2) is 4.58. The molecule has 1 aromatic carbocycles. The maximum Gasteiger partial charge on any atom is 0.248 e. The molecule has 0 aromatic heterocycles. The van der Waals surface area contributed by atoms with Gasteiger partial charge >= 0.3 is 0 Å². The zero-order valence-corrected chi connectivity index (χ0v) is 8.10. The number of hydrogen-bond acceptors (Lipinski definition) is 2. The van der Waals surface area contributed by atoms with E-state index >= 15 is 0 Å². The molecule has 1 unspecified atom stereocenters. The number of hydrogen-bond donors (Lipinski definition) is 2. The van der Waals surface area contributed by atoms with Crippen LogP contribution in [0.4, 0.5) is 0 Å². The Hall–Kier alpha value is -1.61. The third kappa shape index (κ3) is 3.03. The van der Waals surface area contributed by atoms with E-state index in [0.717, 1.165) is 5.56 Å². The number of carbonyl (C=O) groups excluding carboxylic acids is 1. The minimum absolute atomic E-state index is 0.0332. The molecule has 1 rings (SSSR count). The molecule has 0 aliphatic rings. The van der Waals surface area contributed by atoms with Crippen LogP contribution in [0.1, 0.15) is 22.8 Å². The quantitative estimate of drug-likeness (QED) is 0.750. The highest BCUT2D eigenvalue weighted by Crippen LogP contribution is 2.05. The molecule has 74 valence electrons. The van der Waals surface area contributed by atoms with Gasteiger partial charge in [0.2, 0.25) is 5.91 Å². The molecule has 1 amide bonds. The van der Waals surface area contributed by atoms with Gasteiger partial charge in [0.25, 0.3) is 0 Å². The molecule has 0 heterocycles. The van der Waals surface area contributed by atoms with Gasteiger partial charge in [0.15, 0.2) is 0 Å². The Balaban J connectivity index is 2.78. The fourth-order valence-electron chi connectivity index (χ4n) is 1.02. The van der Waals surface area contributed by atoms with Crippen molar-refractivity contribution >= 4 is 12.0 Å². The van der Waals surface area contributed by atoms with Crippen LogP contribution < -0.4 is 11.5 Å². The highest BCUT2D eigenvalue weighted by atomic mass is 16.1. The molecule has 0 bridgehead atoms. The van der Waals surface area contributed by atoms with Crippen LogP contribution in [0.15, 0.2) is 30.3 Å². The minimum Gasteiger partial charge on any atom is -0.366 e. The Morgan fingerprint density at radius 2 is 1.93 bits per heavy atom. The van der Waals surface area contributed by atoms with Gasteiger partial charge in [-0.25, -0.2) is 0 Å². The Labute approximate surface area is 83.4 Å². The molecule has 1 atom stereocenters. The standard InChI is InChI=1S/C11H14N2O/c1-8(12)2-3-9-4-6-10(7-5-9)11(13)14/h2-8H,12H2,1H3,(H2,13,14)/b3-2+. The molecule has 0 saturated carbocycles. The van der Waals surface area contributed by atoms with E-state index < -0.39 is 5.91 Å². The van der Waals surface area contributed by atoms with Gasteiger partial charge in [0.1, 0.15) is 0 Å². The van der Waals surface area contributed by atoms with Gasteiger partial charge < -0.3 is 11.5 Å². The molecular formula is C11H14N2O. The van der Waals surface area contributed by atoms with Crippen LogP contribution in [0.5, 0.6) is 0 Å². The number of amides is 1. The van der Waals surface area contributed by atoms with Gasteiger partial charge in [0, 0.05) is 11.6 Å². The molecule has 3 nitrogen and oxygen atoms in total. The predicted molar refractivity (Wildman–Crippen MR) is 57.6 cm³/mol. The summed E-state index contributed by atoms with van der Waals surface area (Å²) in [5, 5.41) is 0. The van der Waals surface area contributed by atoms with Crippen molar-refractivity contribution in [3.05, 3.63) is 41.5 Å². The fraction of sp³-hybridized carbons (Fsp3) is 0.182. The molecule has 1 aromatic rings. The molecule has 0 fully saturated rings. The van der Waals surface area contributed by atoms with Gasteiger partial charge in [-0.3, -0.25) is 4.79 Å². The van der Waals surface area contributed by atoms with Crippen molar-refractivity contribution < 1.29 is 4.79 Å². The zero-order chi connectivity index (χ0) is 10.6. The summed E-state index contributed by atoms with van der Waals surface area (Å²) >= 11 is 0. The lowest BCUT2D eigenvalue weighted by atomic mass is 10.1. The summed E-state index contributed by atoms with van der Waals surface area (Å²) in [6, 6.07) is 7.09. The Morgan fingerprint density at radius 1 is 1.36 bits per heavy atom. The molecule has 4 N–H and O–H groups in total.